The van der Waals surface area contributed by atoms with Gasteiger partial charge in [0.25, 0.3) is 5.56 Å². The summed E-state index contributed by atoms with van der Waals surface area (Å²) in [5.41, 5.74) is 1.19. The number of ether oxygens (including phenoxy) is 1. The Kier molecular flexibility index (Phi) is 4.98. The zero-order valence-electron chi connectivity index (χ0n) is 13.8. The minimum Gasteiger partial charge on any atom is -0.456 e. The van der Waals surface area contributed by atoms with E-state index in [1.165, 1.54) is 10.9 Å². The number of aryl methyl sites for hydroxylation is 3. The molecule has 1 aromatic carbocycles. The number of esters is 1. The van der Waals surface area contributed by atoms with Crippen LogP contribution in [0, 0.1) is 13.8 Å². The van der Waals surface area contributed by atoms with E-state index in [1.807, 2.05) is 13.0 Å². The molecule has 7 nitrogen and oxygen atoms in total. The van der Waals surface area contributed by atoms with Gasteiger partial charge < -0.3 is 9.15 Å². The van der Waals surface area contributed by atoms with Crippen LogP contribution in [0.15, 0.2) is 38.2 Å². The van der Waals surface area contributed by atoms with Crippen molar-refractivity contribution in [3.8, 4) is 0 Å². The highest BCUT2D eigenvalue weighted by atomic mass is 79.9. The average Bonchev–Trinajstić information content (AvgIpc) is 2.91. The molecule has 3 rings (SSSR count). The van der Waals surface area contributed by atoms with Gasteiger partial charge in [0.2, 0.25) is 5.89 Å². The van der Waals surface area contributed by atoms with Crippen LogP contribution in [0.1, 0.15) is 23.8 Å². The summed E-state index contributed by atoms with van der Waals surface area (Å²) < 4.78 is 12.7. The van der Waals surface area contributed by atoms with Gasteiger partial charge in [0.05, 0.1) is 29.3 Å². The van der Waals surface area contributed by atoms with Crippen LogP contribution < -0.4 is 5.56 Å². The third-order valence-electron chi connectivity index (χ3n) is 3.77. The third kappa shape index (κ3) is 3.96. The van der Waals surface area contributed by atoms with Crippen LogP contribution >= 0.6 is 15.9 Å². The molecule has 0 bridgehead atoms. The molecule has 0 spiro atoms. The van der Waals surface area contributed by atoms with Crippen LogP contribution in [0.5, 0.6) is 0 Å². The maximum Gasteiger partial charge on any atom is 0.308 e. The first-order chi connectivity index (χ1) is 11.9. The predicted octanol–water partition coefficient (Wildman–Crippen LogP) is 2.90. The zero-order chi connectivity index (χ0) is 18.0. The predicted molar refractivity (Wildman–Crippen MR) is 94.1 cm³/mol. The Morgan fingerprint density at radius 2 is 2.16 bits per heavy atom. The van der Waals surface area contributed by atoms with Gasteiger partial charge >= 0.3 is 5.97 Å². The first kappa shape index (κ1) is 17.3. The lowest BCUT2D eigenvalue weighted by Gasteiger charge is -2.07. The second-order valence-corrected chi connectivity index (χ2v) is 6.48. The number of benzene rings is 1. The summed E-state index contributed by atoms with van der Waals surface area (Å²) in [5.74, 6) is 0.624. The molecule has 0 fully saturated rings. The number of fused-ring (bicyclic) bond motifs is 1. The Bertz CT molecular complexity index is 974. The van der Waals surface area contributed by atoms with Gasteiger partial charge in [-0.15, -0.1) is 0 Å². The second kappa shape index (κ2) is 7.18. The van der Waals surface area contributed by atoms with E-state index in [1.54, 1.807) is 19.1 Å². The van der Waals surface area contributed by atoms with Gasteiger partial charge in [0.1, 0.15) is 5.76 Å². The smallest absolute Gasteiger partial charge is 0.308 e. The summed E-state index contributed by atoms with van der Waals surface area (Å²) in [5, 5.41) is 0.496. The number of hydrogen-bond acceptors (Lipinski definition) is 6. The van der Waals surface area contributed by atoms with E-state index in [-0.39, 0.29) is 25.1 Å². The third-order valence-corrected chi connectivity index (χ3v) is 4.27. The number of oxazole rings is 1. The minimum atomic E-state index is -0.435. The van der Waals surface area contributed by atoms with Gasteiger partial charge in [-0.05, 0) is 32.0 Å². The van der Waals surface area contributed by atoms with Crippen LogP contribution in [0.4, 0.5) is 0 Å². The summed E-state index contributed by atoms with van der Waals surface area (Å²) in [6.07, 6.45) is 1.49. The minimum absolute atomic E-state index is 0.0225. The summed E-state index contributed by atoms with van der Waals surface area (Å²) >= 11 is 3.34. The Hall–Kier alpha value is -2.48. The molecule has 0 saturated heterocycles. The molecule has 0 N–H and O–H groups in total. The topological polar surface area (TPSA) is 87.2 Å². The number of halogens is 1. The second-order valence-electron chi connectivity index (χ2n) is 5.56. The molecule has 0 aliphatic carbocycles. The summed E-state index contributed by atoms with van der Waals surface area (Å²) in [6, 6.07) is 5.30. The van der Waals surface area contributed by atoms with Crippen LogP contribution in [0.3, 0.4) is 0 Å². The molecule has 0 amide bonds. The fourth-order valence-electron chi connectivity index (χ4n) is 2.32. The van der Waals surface area contributed by atoms with Crippen molar-refractivity contribution in [2.24, 2.45) is 0 Å². The average molecular weight is 406 g/mol. The molecule has 3 aromatic rings. The lowest BCUT2D eigenvalue weighted by Crippen LogP contribution is -2.22. The van der Waals surface area contributed by atoms with Crippen LogP contribution in [-0.2, 0) is 22.7 Å². The fraction of sp³-hybridized carbons (Fsp3) is 0.294. The van der Waals surface area contributed by atoms with E-state index >= 15 is 0 Å². The number of nitrogens with zero attached hydrogens (tertiary/aromatic N) is 3. The van der Waals surface area contributed by atoms with Crippen molar-refractivity contribution in [3.63, 3.8) is 0 Å². The molecule has 0 atom stereocenters. The largest absolute Gasteiger partial charge is 0.456 e. The van der Waals surface area contributed by atoms with Crippen LogP contribution in [0.2, 0.25) is 0 Å². The zero-order valence-corrected chi connectivity index (χ0v) is 15.4. The van der Waals surface area contributed by atoms with Crippen molar-refractivity contribution >= 4 is 32.8 Å². The van der Waals surface area contributed by atoms with Crippen molar-refractivity contribution in [2.45, 2.75) is 33.4 Å². The first-order valence-electron chi connectivity index (χ1n) is 7.67. The van der Waals surface area contributed by atoms with Crippen molar-refractivity contribution < 1.29 is 13.9 Å². The maximum atomic E-state index is 12.4. The lowest BCUT2D eigenvalue weighted by molar-refractivity contribution is -0.145. The molecule has 8 heteroatoms. The Morgan fingerprint density at radius 3 is 2.88 bits per heavy atom. The quantitative estimate of drug-likeness (QED) is 0.606. The van der Waals surface area contributed by atoms with Gasteiger partial charge in [0, 0.05) is 11.0 Å². The molecule has 0 aliphatic heterocycles. The van der Waals surface area contributed by atoms with E-state index in [4.69, 9.17) is 9.15 Å². The summed E-state index contributed by atoms with van der Waals surface area (Å²) in [6.45, 7) is 3.79. The summed E-state index contributed by atoms with van der Waals surface area (Å²) in [7, 11) is 0. The molecular weight excluding hydrogens is 390 g/mol. The highest BCUT2D eigenvalue weighted by molar-refractivity contribution is 9.10. The SMILES string of the molecule is Cc1nc(COC(=O)CCn2cnc3ccc(Br)cc3c2=O)oc1C. The normalized spacial score (nSPS) is 11.0. The van der Waals surface area contributed by atoms with Gasteiger partial charge in [-0.1, -0.05) is 15.9 Å². The van der Waals surface area contributed by atoms with Crippen molar-refractivity contribution in [1.29, 1.82) is 0 Å². The number of carbonyl (C=O) groups is 1. The molecule has 0 unspecified atom stereocenters. The number of rotatable bonds is 5. The Labute approximate surface area is 151 Å². The highest BCUT2D eigenvalue weighted by Gasteiger charge is 2.11. The number of aromatic nitrogens is 3. The van der Waals surface area contributed by atoms with E-state index in [0.717, 1.165) is 10.2 Å². The Balaban J connectivity index is 1.63. The van der Waals surface area contributed by atoms with Crippen molar-refractivity contribution in [2.75, 3.05) is 0 Å². The first-order valence-corrected chi connectivity index (χ1v) is 8.46. The van der Waals surface area contributed by atoms with Crippen LogP contribution in [0.25, 0.3) is 10.9 Å². The van der Waals surface area contributed by atoms with Gasteiger partial charge in [-0.25, -0.2) is 9.97 Å². The van der Waals surface area contributed by atoms with Crippen LogP contribution in [-0.4, -0.2) is 20.5 Å². The molecule has 2 aromatic heterocycles. The molecular formula is C17H16BrN3O4. The van der Waals surface area contributed by atoms with Gasteiger partial charge in [-0.3, -0.25) is 14.2 Å². The highest BCUT2D eigenvalue weighted by Crippen LogP contribution is 2.15. The number of hydrogen-bond donors (Lipinski definition) is 0. The van der Waals surface area contributed by atoms with E-state index in [9.17, 15) is 9.59 Å². The van der Waals surface area contributed by atoms with Gasteiger partial charge in [0.15, 0.2) is 6.61 Å². The van der Waals surface area contributed by atoms with E-state index in [0.29, 0.717) is 22.6 Å². The fourth-order valence-corrected chi connectivity index (χ4v) is 2.68. The monoisotopic (exact) mass is 405 g/mol. The van der Waals surface area contributed by atoms with Gasteiger partial charge in [-0.2, -0.15) is 0 Å². The Morgan fingerprint density at radius 1 is 1.36 bits per heavy atom. The molecule has 2 heterocycles. The van der Waals surface area contributed by atoms with Crippen molar-refractivity contribution in [3.05, 3.63) is 56.7 Å². The molecule has 0 saturated carbocycles. The van der Waals surface area contributed by atoms with Crippen molar-refractivity contribution in [1.82, 2.24) is 14.5 Å². The van der Waals surface area contributed by atoms with E-state index < -0.39 is 5.97 Å². The molecule has 25 heavy (non-hydrogen) atoms. The maximum absolute atomic E-state index is 12.4. The molecule has 0 aliphatic rings. The van der Waals surface area contributed by atoms with E-state index in [2.05, 4.69) is 25.9 Å². The number of carbonyl (C=O) groups excluding carboxylic acids is 1. The molecule has 0 radical (unpaired) electrons. The standard InChI is InChI=1S/C17H16BrN3O4/c1-10-11(2)25-15(20-10)8-24-16(22)5-6-21-9-19-14-4-3-12(18)7-13(14)17(21)23/h3-4,7,9H,5-6,8H2,1-2H3. The lowest BCUT2D eigenvalue weighted by atomic mass is 10.2. The summed E-state index contributed by atoms with van der Waals surface area (Å²) in [4.78, 5) is 32.7. The molecule has 130 valence electrons.